The summed E-state index contributed by atoms with van der Waals surface area (Å²) in [5, 5.41) is 0.942. The van der Waals surface area contributed by atoms with Crippen LogP contribution in [0, 0.1) is 0 Å². The van der Waals surface area contributed by atoms with Crippen molar-refractivity contribution in [2.75, 3.05) is 0 Å². The van der Waals surface area contributed by atoms with Crippen molar-refractivity contribution < 1.29 is 14.3 Å². The molecule has 0 bridgehead atoms. The molecule has 0 amide bonds. The van der Waals surface area contributed by atoms with Gasteiger partial charge in [0.1, 0.15) is 5.69 Å². The number of aromatic nitrogens is 1. The summed E-state index contributed by atoms with van der Waals surface area (Å²) >= 11 is 0. The van der Waals surface area contributed by atoms with Crippen molar-refractivity contribution in [1.29, 1.82) is 0 Å². The number of fused-ring (bicyclic) bond motifs is 1. The summed E-state index contributed by atoms with van der Waals surface area (Å²) in [4.78, 5) is 28.7. The van der Waals surface area contributed by atoms with Crippen molar-refractivity contribution in [2.45, 2.75) is 13.0 Å². The topological polar surface area (TPSA) is 56.3 Å². The first-order valence-electron chi connectivity index (χ1n) is 7.31. The molecule has 2 aromatic carbocycles. The minimum Gasteiger partial charge on any atom is -0.450 e. The molecule has 0 radical (unpaired) electrons. The molecule has 1 atom stereocenters. The van der Waals surface area contributed by atoms with E-state index in [1.165, 1.54) is 0 Å². The molecule has 0 aliphatic carbocycles. The van der Waals surface area contributed by atoms with E-state index in [0.29, 0.717) is 11.1 Å². The second-order valence-electron chi connectivity index (χ2n) is 5.17. The van der Waals surface area contributed by atoms with Crippen LogP contribution < -0.4 is 0 Å². The molecule has 114 valence electrons. The number of pyridine rings is 1. The van der Waals surface area contributed by atoms with E-state index in [0.717, 1.165) is 5.39 Å². The lowest BCUT2D eigenvalue weighted by atomic mass is 10.1. The molecule has 1 aromatic heterocycles. The smallest absolute Gasteiger partial charge is 0.357 e. The normalized spacial score (nSPS) is 11.9. The number of benzene rings is 2. The predicted octanol–water partition coefficient (Wildman–Crippen LogP) is 3.66. The Labute approximate surface area is 133 Å². The molecule has 0 aliphatic rings. The fourth-order valence-corrected chi connectivity index (χ4v) is 2.29. The van der Waals surface area contributed by atoms with Gasteiger partial charge in [0.05, 0.1) is 5.52 Å². The molecule has 23 heavy (non-hydrogen) atoms. The van der Waals surface area contributed by atoms with E-state index in [2.05, 4.69) is 4.98 Å². The van der Waals surface area contributed by atoms with E-state index in [9.17, 15) is 9.59 Å². The van der Waals surface area contributed by atoms with Crippen LogP contribution in [0.4, 0.5) is 0 Å². The highest BCUT2D eigenvalue weighted by Crippen LogP contribution is 2.14. The minimum absolute atomic E-state index is 0.191. The maximum absolute atomic E-state index is 12.2. The first-order chi connectivity index (χ1) is 11.1. The Morgan fingerprint density at radius 3 is 2.39 bits per heavy atom. The van der Waals surface area contributed by atoms with Crippen LogP contribution in [0.5, 0.6) is 0 Å². The highest BCUT2D eigenvalue weighted by molar-refractivity contribution is 6.01. The van der Waals surface area contributed by atoms with Gasteiger partial charge in [-0.1, -0.05) is 54.6 Å². The van der Waals surface area contributed by atoms with Crippen LogP contribution in [-0.2, 0) is 4.74 Å². The zero-order valence-electron chi connectivity index (χ0n) is 12.6. The third-order valence-corrected chi connectivity index (χ3v) is 3.52. The number of Topliss-reactive ketones (excluding diaryl/α,β-unsaturated/α-hetero) is 1. The van der Waals surface area contributed by atoms with Gasteiger partial charge in [0, 0.05) is 10.9 Å². The summed E-state index contributed by atoms with van der Waals surface area (Å²) in [5.74, 6) is -0.840. The number of para-hydroxylation sites is 1. The van der Waals surface area contributed by atoms with Crippen molar-refractivity contribution >= 4 is 22.7 Å². The maximum atomic E-state index is 12.2. The van der Waals surface area contributed by atoms with Crippen LogP contribution in [0.1, 0.15) is 27.8 Å². The SMILES string of the molecule is C[C@H](OC(=O)c1ccc2ccccc2n1)C(=O)c1ccccc1. The second-order valence-corrected chi connectivity index (χ2v) is 5.17. The first-order valence-corrected chi connectivity index (χ1v) is 7.31. The number of nitrogens with zero attached hydrogens (tertiary/aromatic N) is 1. The number of hydrogen-bond donors (Lipinski definition) is 0. The van der Waals surface area contributed by atoms with Crippen LogP contribution in [-0.4, -0.2) is 22.8 Å². The average Bonchev–Trinajstić information content (AvgIpc) is 2.61. The molecule has 0 saturated heterocycles. The van der Waals surface area contributed by atoms with Gasteiger partial charge < -0.3 is 4.74 Å². The molecular formula is C19H15NO3. The molecule has 0 unspecified atom stereocenters. The number of carbonyl (C=O) groups excluding carboxylic acids is 2. The van der Waals surface area contributed by atoms with Crippen LogP contribution in [0.2, 0.25) is 0 Å². The molecule has 0 saturated carbocycles. The van der Waals surface area contributed by atoms with Crippen LogP contribution >= 0.6 is 0 Å². The molecule has 4 heteroatoms. The highest BCUT2D eigenvalue weighted by atomic mass is 16.5. The van der Waals surface area contributed by atoms with Crippen molar-refractivity contribution in [3.05, 3.63) is 78.0 Å². The van der Waals surface area contributed by atoms with E-state index in [1.807, 2.05) is 36.4 Å². The number of hydrogen-bond acceptors (Lipinski definition) is 4. The Bertz CT molecular complexity index is 859. The first kappa shape index (κ1) is 14.9. The Hall–Kier alpha value is -3.01. The zero-order valence-corrected chi connectivity index (χ0v) is 12.6. The summed E-state index contributed by atoms with van der Waals surface area (Å²) in [7, 11) is 0. The fourth-order valence-electron chi connectivity index (χ4n) is 2.29. The van der Waals surface area contributed by atoms with Crippen LogP contribution in [0.3, 0.4) is 0 Å². The van der Waals surface area contributed by atoms with Crippen molar-refractivity contribution in [3.63, 3.8) is 0 Å². The number of rotatable bonds is 4. The van der Waals surface area contributed by atoms with Crippen molar-refractivity contribution in [2.24, 2.45) is 0 Å². The van der Waals surface area contributed by atoms with Crippen LogP contribution in [0.15, 0.2) is 66.7 Å². The van der Waals surface area contributed by atoms with Crippen molar-refractivity contribution in [3.8, 4) is 0 Å². The Balaban J connectivity index is 1.76. The number of ether oxygens (including phenoxy) is 1. The molecule has 3 aromatic rings. The lowest BCUT2D eigenvalue weighted by Crippen LogP contribution is -2.24. The third-order valence-electron chi connectivity index (χ3n) is 3.52. The number of ketones is 1. The Morgan fingerprint density at radius 2 is 1.61 bits per heavy atom. The Kier molecular flexibility index (Phi) is 4.15. The van der Waals surface area contributed by atoms with Gasteiger partial charge in [-0.05, 0) is 19.1 Å². The summed E-state index contributed by atoms with van der Waals surface area (Å²) in [6.07, 6.45) is -0.863. The van der Waals surface area contributed by atoms with E-state index in [1.54, 1.807) is 37.3 Å². The van der Waals surface area contributed by atoms with E-state index >= 15 is 0 Å². The summed E-state index contributed by atoms with van der Waals surface area (Å²) in [6.45, 7) is 1.56. The minimum atomic E-state index is -0.863. The number of carbonyl (C=O) groups is 2. The molecule has 3 rings (SSSR count). The fraction of sp³-hybridized carbons (Fsp3) is 0.105. The number of esters is 1. The van der Waals surface area contributed by atoms with E-state index in [-0.39, 0.29) is 11.5 Å². The van der Waals surface area contributed by atoms with Crippen molar-refractivity contribution in [1.82, 2.24) is 4.98 Å². The van der Waals surface area contributed by atoms with E-state index in [4.69, 9.17) is 4.74 Å². The lowest BCUT2D eigenvalue weighted by molar-refractivity contribution is 0.0313. The average molecular weight is 305 g/mol. The largest absolute Gasteiger partial charge is 0.450 e. The van der Waals surface area contributed by atoms with Gasteiger partial charge in [-0.3, -0.25) is 4.79 Å². The second kappa shape index (κ2) is 6.40. The van der Waals surface area contributed by atoms with Gasteiger partial charge in [0.2, 0.25) is 5.78 Å². The summed E-state index contributed by atoms with van der Waals surface area (Å²) < 4.78 is 5.25. The molecule has 1 heterocycles. The lowest BCUT2D eigenvalue weighted by Gasteiger charge is -2.12. The monoisotopic (exact) mass is 305 g/mol. The summed E-state index contributed by atoms with van der Waals surface area (Å²) in [5.41, 5.74) is 1.42. The van der Waals surface area contributed by atoms with Crippen LogP contribution in [0.25, 0.3) is 10.9 Å². The van der Waals surface area contributed by atoms with Gasteiger partial charge in [-0.2, -0.15) is 0 Å². The summed E-state index contributed by atoms with van der Waals surface area (Å²) in [6, 6.07) is 19.7. The molecular weight excluding hydrogens is 290 g/mol. The van der Waals surface area contributed by atoms with Gasteiger partial charge in [0.15, 0.2) is 6.10 Å². The molecule has 4 nitrogen and oxygen atoms in total. The standard InChI is InChI=1S/C19H15NO3/c1-13(18(21)15-8-3-2-4-9-15)23-19(22)17-12-11-14-7-5-6-10-16(14)20-17/h2-13H,1H3/t13-/m0/s1. The highest BCUT2D eigenvalue weighted by Gasteiger charge is 2.21. The predicted molar refractivity (Wildman–Crippen MR) is 87.4 cm³/mol. The third kappa shape index (κ3) is 3.26. The molecule has 0 fully saturated rings. The molecule has 0 spiro atoms. The zero-order chi connectivity index (χ0) is 16.2. The molecule has 0 aliphatic heterocycles. The van der Waals surface area contributed by atoms with Gasteiger partial charge in [-0.15, -0.1) is 0 Å². The molecule has 0 N–H and O–H groups in total. The Morgan fingerprint density at radius 1 is 0.913 bits per heavy atom. The van der Waals surface area contributed by atoms with Gasteiger partial charge in [-0.25, -0.2) is 9.78 Å². The van der Waals surface area contributed by atoms with Gasteiger partial charge in [0.25, 0.3) is 0 Å². The van der Waals surface area contributed by atoms with Gasteiger partial charge >= 0.3 is 5.97 Å². The van der Waals surface area contributed by atoms with E-state index < -0.39 is 12.1 Å². The quantitative estimate of drug-likeness (QED) is 0.545. The maximum Gasteiger partial charge on any atom is 0.357 e.